The maximum Gasteiger partial charge on any atom is 0.293 e. The quantitative estimate of drug-likeness (QED) is 0.392. The Morgan fingerprint density at radius 2 is 2.14 bits per heavy atom. The molecule has 1 atom stereocenters. The Bertz CT molecular complexity index is 649. The van der Waals surface area contributed by atoms with Crippen LogP contribution < -0.4 is 16.5 Å². The van der Waals surface area contributed by atoms with Crippen molar-refractivity contribution in [2.24, 2.45) is 17.5 Å². The standard InChI is InChI=1S/C17H29N5O.C3H6O2/c1-5-13-8-9-22(10-13)15-7-6-14(20-12(15)2)17(18)16(11-23-4)21(3)19;1-2-5-3-4/h6-7,13H,5,8-11,18-19H2,1-4H3;3H,2H2,1H3/b17-16-;. The Balaban J connectivity index is 0.000000696. The van der Waals surface area contributed by atoms with E-state index in [2.05, 4.69) is 22.6 Å². The lowest BCUT2D eigenvalue weighted by Gasteiger charge is -2.22. The molecule has 0 bridgehead atoms. The van der Waals surface area contributed by atoms with E-state index in [0.717, 1.165) is 36.1 Å². The molecule has 4 N–H and O–H groups in total. The average molecular weight is 394 g/mol. The van der Waals surface area contributed by atoms with Gasteiger partial charge in [0.15, 0.2) is 0 Å². The van der Waals surface area contributed by atoms with Gasteiger partial charge in [0.25, 0.3) is 6.47 Å². The number of rotatable bonds is 8. The van der Waals surface area contributed by atoms with Crippen molar-refractivity contribution >= 4 is 17.9 Å². The molecule has 0 spiro atoms. The third-order valence-electron chi connectivity index (χ3n) is 4.79. The third kappa shape index (κ3) is 6.69. The van der Waals surface area contributed by atoms with Crippen molar-refractivity contribution in [3.8, 4) is 0 Å². The highest BCUT2D eigenvalue weighted by Crippen LogP contribution is 2.28. The van der Waals surface area contributed by atoms with Gasteiger partial charge in [-0.05, 0) is 38.3 Å². The first-order valence-electron chi connectivity index (χ1n) is 9.63. The van der Waals surface area contributed by atoms with Crippen molar-refractivity contribution in [3.63, 3.8) is 0 Å². The molecule has 8 heteroatoms. The lowest BCUT2D eigenvalue weighted by atomic mass is 10.1. The zero-order valence-electron chi connectivity index (χ0n) is 17.8. The molecule has 28 heavy (non-hydrogen) atoms. The topological polar surface area (TPSA) is 107 Å². The zero-order chi connectivity index (χ0) is 21.1. The lowest BCUT2D eigenvalue weighted by molar-refractivity contribution is -0.128. The number of pyridine rings is 1. The number of aryl methyl sites for hydroxylation is 1. The lowest BCUT2D eigenvalue weighted by Crippen LogP contribution is -2.30. The third-order valence-corrected chi connectivity index (χ3v) is 4.79. The largest absolute Gasteiger partial charge is 0.468 e. The molecule has 0 radical (unpaired) electrons. The highest BCUT2D eigenvalue weighted by molar-refractivity contribution is 5.65. The summed E-state index contributed by atoms with van der Waals surface area (Å²) >= 11 is 0. The minimum absolute atomic E-state index is 0.353. The number of hydrogen-bond acceptors (Lipinski definition) is 8. The summed E-state index contributed by atoms with van der Waals surface area (Å²) in [4.78, 5) is 16.3. The summed E-state index contributed by atoms with van der Waals surface area (Å²) < 4.78 is 9.32. The first-order chi connectivity index (χ1) is 13.4. The molecule has 0 aromatic carbocycles. The minimum Gasteiger partial charge on any atom is -0.468 e. The number of likely N-dealkylation sites (N-methyl/N-ethyl adjacent to an activating group) is 1. The first kappa shape index (κ1) is 23.7. The second-order valence-corrected chi connectivity index (χ2v) is 6.77. The Kier molecular flexibility index (Phi) is 10.3. The molecule has 0 aliphatic carbocycles. The fourth-order valence-electron chi connectivity index (χ4n) is 3.14. The molecule has 2 rings (SSSR count). The molecule has 2 heterocycles. The summed E-state index contributed by atoms with van der Waals surface area (Å²) in [5.74, 6) is 6.63. The van der Waals surface area contributed by atoms with E-state index in [1.165, 1.54) is 23.5 Å². The molecule has 158 valence electrons. The second-order valence-electron chi connectivity index (χ2n) is 6.77. The Morgan fingerprint density at radius 1 is 1.43 bits per heavy atom. The minimum atomic E-state index is 0.353. The van der Waals surface area contributed by atoms with Gasteiger partial charge in [0, 0.05) is 27.2 Å². The molecule has 1 aromatic heterocycles. The molecule has 0 saturated carbocycles. The zero-order valence-corrected chi connectivity index (χ0v) is 17.8. The summed E-state index contributed by atoms with van der Waals surface area (Å²) in [6, 6.07) is 4.08. The van der Waals surface area contributed by atoms with Gasteiger partial charge in [0.05, 0.1) is 41.7 Å². The van der Waals surface area contributed by atoms with E-state index in [1.807, 2.05) is 13.0 Å². The van der Waals surface area contributed by atoms with Crippen LogP contribution in [0.5, 0.6) is 0 Å². The van der Waals surface area contributed by atoms with Crippen LogP contribution in [0.25, 0.3) is 5.70 Å². The van der Waals surface area contributed by atoms with Crippen LogP contribution in [-0.4, -0.2) is 56.9 Å². The van der Waals surface area contributed by atoms with Crippen LogP contribution in [-0.2, 0) is 14.3 Å². The van der Waals surface area contributed by atoms with Gasteiger partial charge >= 0.3 is 0 Å². The predicted molar refractivity (Wildman–Crippen MR) is 112 cm³/mol. The number of aromatic nitrogens is 1. The molecule has 1 unspecified atom stereocenters. The van der Waals surface area contributed by atoms with Gasteiger partial charge in [-0.15, -0.1) is 0 Å². The number of methoxy groups -OCH3 is 1. The van der Waals surface area contributed by atoms with E-state index in [0.29, 0.717) is 25.4 Å². The van der Waals surface area contributed by atoms with Gasteiger partial charge in [-0.25, -0.2) is 10.8 Å². The van der Waals surface area contributed by atoms with Crippen LogP contribution in [0.15, 0.2) is 17.8 Å². The van der Waals surface area contributed by atoms with Gasteiger partial charge in [-0.2, -0.15) is 0 Å². The fourth-order valence-corrected chi connectivity index (χ4v) is 3.14. The van der Waals surface area contributed by atoms with Gasteiger partial charge in [0.1, 0.15) is 0 Å². The van der Waals surface area contributed by atoms with E-state index in [4.69, 9.17) is 21.3 Å². The number of hydrogen-bond donors (Lipinski definition) is 2. The van der Waals surface area contributed by atoms with E-state index in [9.17, 15) is 4.79 Å². The van der Waals surface area contributed by atoms with E-state index < -0.39 is 0 Å². The molecule has 1 aliphatic rings. The molecule has 1 aromatic rings. The Hall–Kier alpha value is -2.32. The molecule has 1 fully saturated rings. The number of ether oxygens (including phenoxy) is 2. The number of nitrogens with zero attached hydrogens (tertiary/aromatic N) is 3. The number of nitrogens with two attached hydrogens (primary N) is 2. The molecule has 8 nitrogen and oxygen atoms in total. The van der Waals surface area contributed by atoms with Crippen LogP contribution in [0.4, 0.5) is 5.69 Å². The number of carbonyl (C=O) groups excluding carboxylic acids is 1. The smallest absolute Gasteiger partial charge is 0.293 e. The average Bonchev–Trinajstić information content (AvgIpc) is 3.15. The summed E-state index contributed by atoms with van der Waals surface area (Å²) in [6.45, 7) is 9.53. The van der Waals surface area contributed by atoms with E-state index >= 15 is 0 Å². The number of carbonyl (C=O) groups is 1. The van der Waals surface area contributed by atoms with Gasteiger partial charge in [-0.3, -0.25) is 4.79 Å². The highest BCUT2D eigenvalue weighted by Gasteiger charge is 2.23. The Labute approximate surface area is 168 Å². The molecular formula is C20H35N5O3. The van der Waals surface area contributed by atoms with Crippen LogP contribution >= 0.6 is 0 Å². The first-order valence-corrected chi connectivity index (χ1v) is 9.63. The summed E-state index contributed by atoms with van der Waals surface area (Å²) in [7, 11) is 3.37. The van der Waals surface area contributed by atoms with Crippen LogP contribution in [0.2, 0.25) is 0 Å². The van der Waals surface area contributed by atoms with E-state index in [1.54, 1.807) is 21.1 Å². The predicted octanol–water partition coefficient (Wildman–Crippen LogP) is 1.88. The van der Waals surface area contributed by atoms with Crippen LogP contribution in [0.3, 0.4) is 0 Å². The van der Waals surface area contributed by atoms with Gasteiger partial charge < -0.3 is 25.1 Å². The maximum absolute atomic E-state index is 9.18. The fraction of sp³-hybridized carbons (Fsp3) is 0.600. The van der Waals surface area contributed by atoms with Crippen molar-refractivity contribution in [2.75, 3.05) is 45.4 Å². The second kappa shape index (κ2) is 12.2. The number of anilines is 1. The van der Waals surface area contributed by atoms with Crippen LogP contribution in [0, 0.1) is 12.8 Å². The van der Waals surface area contributed by atoms with Crippen molar-refractivity contribution in [2.45, 2.75) is 33.6 Å². The number of hydrazine groups is 1. The summed E-state index contributed by atoms with van der Waals surface area (Å²) in [5.41, 5.74) is 10.5. The van der Waals surface area contributed by atoms with Gasteiger partial charge in [0.2, 0.25) is 0 Å². The van der Waals surface area contributed by atoms with Crippen molar-refractivity contribution in [3.05, 3.63) is 29.2 Å². The van der Waals surface area contributed by atoms with E-state index in [-0.39, 0.29) is 0 Å². The maximum atomic E-state index is 9.18. The van der Waals surface area contributed by atoms with Crippen molar-refractivity contribution < 1.29 is 14.3 Å². The normalized spacial score (nSPS) is 16.8. The highest BCUT2D eigenvalue weighted by atomic mass is 16.5. The van der Waals surface area contributed by atoms with Crippen molar-refractivity contribution in [1.29, 1.82) is 0 Å². The van der Waals surface area contributed by atoms with Gasteiger partial charge in [-0.1, -0.05) is 13.3 Å². The van der Waals surface area contributed by atoms with Crippen molar-refractivity contribution in [1.82, 2.24) is 9.99 Å². The van der Waals surface area contributed by atoms with Crippen LogP contribution in [0.1, 0.15) is 38.1 Å². The molecular weight excluding hydrogens is 358 g/mol. The Morgan fingerprint density at radius 3 is 2.57 bits per heavy atom. The summed E-state index contributed by atoms with van der Waals surface area (Å²) in [6.07, 6.45) is 2.50. The molecule has 0 amide bonds. The molecule has 1 saturated heterocycles. The SMILES string of the molecule is CCC1CCN(c2ccc(/C(N)=C(\COC)N(C)N)nc2C)C1.CCOC=O. The molecule has 1 aliphatic heterocycles. The summed E-state index contributed by atoms with van der Waals surface area (Å²) in [5, 5.41) is 1.48. The monoisotopic (exact) mass is 393 g/mol.